The molecule has 0 aliphatic rings. The van der Waals surface area contributed by atoms with E-state index in [4.69, 9.17) is 4.74 Å². The minimum Gasteiger partial charge on any atom is -0.373 e. The number of aryl methyl sites for hydroxylation is 1. The number of rotatable bonds is 4. The molecule has 0 spiro atoms. The van der Waals surface area contributed by atoms with E-state index in [1.165, 1.54) is 0 Å². The number of ether oxygens (including phenoxy) is 1. The molecule has 1 atom stereocenters. The van der Waals surface area contributed by atoms with Crippen LogP contribution in [0, 0.1) is 6.92 Å². The molecule has 78 valence electrons. The molecule has 0 aliphatic carbocycles. The van der Waals surface area contributed by atoms with Crippen LogP contribution in [0.3, 0.4) is 0 Å². The molecule has 1 N–H and O–H groups in total. The summed E-state index contributed by atoms with van der Waals surface area (Å²) in [6.45, 7) is 6.54. The van der Waals surface area contributed by atoms with Gasteiger partial charge in [-0.05, 0) is 20.8 Å². The molecule has 0 fully saturated rings. The van der Waals surface area contributed by atoms with Crippen LogP contribution in [0.2, 0.25) is 0 Å². The zero-order valence-corrected chi connectivity index (χ0v) is 9.16. The Morgan fingerprint density at radius 1 is 1.50 bits per heavy atom. The fourth-order valence-electron chi connectivity index (χ4n) is 1.23. The SMILES string of the molecule is CCOC(C)c1nc(C)cc(NC)n1. The molecule has 1 rings (SSSR count). The maximum atomic E-state index is 5.43. The second-order valence-electron chi connectivity index (χ2n) is 3.10. The van der Waals surface area contributed by atoms with Gasteiger partial charge in [-0.15, -0.1) is 0 Å². The summed E-state index contributed by atoms with van der Waals surface area (Å²) in [5.74, 6) is 1.57. The number of nitrogens with zero attached hydrogens (tertiary/aromatic N) is 2. The van der Waals surface area contributed by atoms with Gasteiger partial charge in [-0.25, -0.2) is 9.97 Å². The van der Waals surface area contributed by atoms with Crippen LogP contribution in [-0.4, -0.2) is 23.6 Å². The van der Waals surface area contributed by atoms with Crippen molar-refractivity contribution in [3.05, 3.63) is 17.6 Å². The number of anilines is 1. The van der Waals surface area contributed by atoms with E-state index in [-0.39, 0.29) is 6.10 Å². The predicted octanol–water partition coefficient (Wildman–Crippen LogP) is 1.92. The molecular weight excluding hydrogens is 178 g/mol. The summed E-state index contributed by atoms with van der Waals surface area (Å²) in [5.41, 5.74) is 0.950. The monoisotopic (exact) mass is 195 g/mol. The highest BCUT2D eigenvalue weighted by atomic mass is 16.5. The first-order chi connectivity index (χ1) is 6.67. The van der Waals surface area contributed by atoms with Crippen LogP contribution in [0.1, 0.15) is 31.5 Å². The summed E-state index contributed by atoms with van der Waals surface area (Å²) < 4.78 is 5.43. The average molecular weight is 195 g/mol. The van der Waals surface area contributed by atoms with E-state index in [1.807, 2.05) is 33.9 Å². The summed E-state index contributed by atoms with van der Waals surface area (Å²) in [7, 11) is 1.84. The first-order valence-corrected chi connectivity index (χ1v) is 4.82. The highest BCUT2D eigenvalue weighted by Gasteiger charge is 2.09. The molecule has 0 aliphatic heterocycles. The minimum atomic E-state index is -0.0491. The molecule has 4 nitrogen and oxygen atoms in total. The molecule has 0 amide bonds. The van der Waals surface area contributed by atoms with Gasteiger partial charge in [0.2, 0.25) is 0 Å². The lowest BCUT2D eigenvalue weighted by Gasteiger charge is -2.11. The Bertz CT molecular complexity index is 301. The summed E-state index contributed by atoms with van der Waals surface area (Å²) in [6, 6.07) is 1.90. The van der Waals surface area contributed by atoms with E-state index < -0.39 is 0 Å². The first kappa shape index (κ1) is 10.9. The molecular formula is C10H17N3O. The van der Waals surface area contributed by atoms with E-state index in [0.717, 1.165) is 17.3 Å². The second-order valence-corrected chi connectivity index (χ2v) is 3.10. The quantitative estimate of drug-likeness (QED) is 0.797. The Balaban J connectivity index is 2.90. The summed E-state index contributed by atoms with van der Waals surface area (Å²) in [6.07, 6.45) is -0.0491. The minimum absolute atomic E-state index is 0.0491. The molecule has 1 heterocycles. The first-order valence-electron chi connectivity index (χ1n) is 4.82. The average Bonchev–Trinajstić information content (AvgIpc) is 2.17. The van der Waals surface area contributed by atoms with E-state index in [2.05, 4.69) is 15.3 Å². The van der Waals surface area contributed by atoms with Gasteiger partial charge in [0.05, 0.1) is 0 Å². The Morgan fingerprint density at radius 3 is 2.79 bits per heavy atom. The van der Waals surface area contributed by atoms with Crippen LogP contribution in [-0.2, 0) is 4.74 Å². The zero-order valence-electron chi connectivity index (χ0n) is 9.16. The van der Waals surface area contributed by atoms with E-state index >= 15 is 0 Å². The Kier molecular flexibility index (Phi) is 3.83. The number of aromatic nitrogens is 2. The molecule has 0 saturated heterocycles. The van der Waals surface area contributed by atoms with E-state index in [0.29, 0.717) is 6.61 Å². The van der Waals surface area contributed by atoms with Crippen LogP contribution in [0.5, 0.6) is 0 Å². The van der Waals surface area contributed by atoms with Gasteiger partial charge < -0.3 is 10.1 Å². The van der Waals surface area contributed by atoms with Crippen molar-refractivity contribution in [1.29, 1.82) is 0 Å². The van der Waals surface area contributed by atoms with Crippen molar-refractivity contribution in [2.24, 2.45) is 0 Å². The maximum absolute atomic E-state index is 5.43. The van der Waals surface area contributed by atoms with Crippen molar-refractivity contribution in [3.8, 4) is 0 Å². The second kappa shape index (κ2) is 4.91. The van der Waals surface area contributed by atoms with Gasteiger partial charge in [-0.3, -0.25) is 0 Å². The highest BCUT2D eigenvalue weighted by molar-refractivity contribution is 5.34. The lowest BCUT2D eigenvalue weighted by atomic mass is 10.3. The van der Waals surface area contributed by atoms with Gasteiger partial charge in [0, 0.05) is 25.4 Å². The van der Waals surface area contributed by atoms with Crippen LogP contribution in [0.25, 0.3) is 0 Å². The Hall–Kier alpha value is -1.16. The van der Waals surface area contributed by atoms with Gasteiger partial charge in [0.25, 0.3) is 0 Å². The van der Waals surface area contributed by atoms with Gasteiger partial charge in [0.15, 0.2) is 5.82 Å². The van der Waals surface area contributed by atoms with Gasteiger partial charge >= 0.3 is 0 Å². The molecule has 14 heavy (non-hydrogen) atoms. The van der Waals surface area contributed by atoms with Crippen molar-refractivity contribution in [3.63, 3.8) is 0 Å². The summed E-state index contributed by atoms with van der Waals surface area (Å²) in [4.78, 5) is 8.65. The molecule has 4 heteroatoms. The maximum Gasteiger partial charge on any atom is 0.159 e. The van der Waals surface area contributed by atoms with Crippen molar-refractivity contribution in [2.75, 3.05) is 19.0 Å². The summed E-state index contributed by atoms with van der Waals surface area (Å²) in [5, 5.41) is 3.00. The van der Waals surface area contributed by atoms with Gasteiger partial charge in [-0.2, -0.15) is 0 Å². The third-order valence-corrected chi connectivity index (χ3v) is 1.91. The molecule has 0 saturated carbocycles. The van der Waals surface area contributed by atoms with Crippen molar-refractivity contribution < 1.29 is 4.74 Å². The van der Waals surface area contributed by atoms with Crippen molar-refractivity contribution in [1.82, 2.24) is 9.97 Å². The Morgan fingerprint density at radius 2 is 2.21 bits per heavy atom. The largest absolute Gasteiger partial charge is 0.373 e. The Labute approximate surface area is 84.7 Å². The number of hydrogen-bond acceptors (Lipinski definition) is 4. The smallest absolute Gasteiger partial charge is 0.159 e. The molecule has 0 bridgehead atoms. The summed E-state index contributed by atoms with van der Waals surface area (Å²) >= 11 is 0. The molecule has 0 radical (unpaired) electrons. The van der Waals surface area contributed by atoms with E-state index in [1.54, 1.807) is 0 Å². The molecule has 1 unspecified atom stereocenters. The molecule has 1 aromatic heterocycles. The molecule has 0 aromatic carbocycles. The number of nitrogens with one attached hydrogen (secondary N) is 1. The van der Waals surface area contributed by atoms with E-state index in [9.17, 15) is 0 Å². The van der Waals surface area contributed by atoms with Gasteiger partial charge in [-0.1, -0.05) is 0 Å². The third kappa shape index (κ3) is 2.67. The lowest BCUT2D eigenvalue weighted by Crippen LogP contribution is -2.08. The highest BCUT2D eigenvalue weighted by Crippen LogP contribution is 2.14. The van der Waals surface area contributed by atoms with Crippen LogP contribution >= 0.6 is 0 Å². The third-order valence-electron chi connectivity index (χ3n) is 1.91. The van der Waals surface area contributed by atoms with Crippen LogP contribution < -0.4 is 5.32 Å². The van der Waals surface area contributed by atoms with Crippen LogP contribution in [0.15, 0.2) is 6.07 Å². The zero-order chi connectivity index (χ0) is 10.6. The standard InChI is InChI=1S/C10H17N3O/c1-5-14-8(3)10-12-7(2)6-9(11-4)13-10/h6,8H,5H2,1-4H3,(H,11,12,13). The van der Waals surface area contributed by atoms with Crippen molar-refractivity contribution in [2.45, 2.75) is 26.9 Å². The fraction of sp³-hybridized carbons (Fsp3) is 0.600. The fourth-order valence-corrected chi connectivity index (χ4v) is 1.23. The predicted molar refractivity (Wildman–Crippen MR) is 56.4 cm³/mol. The molecule has 1 aromatic rings. The van der Waals surface area contributed by atoms with Gasteiger partial charge in [0.1, 0.15) is 11.9 Å². The normalized spacial score (nSPS) is 12.6. The topological polar surface area (TPSA) is 47.0 Å². The van der Waals surface area contributed by atoms with Crippen LogP contribution in [0.4, 0.5) is 5.82 Å². The van der Waals surface area contributed by atoms with Crippen molar-refractivity contribution >= 4 is 5.82 Å². The lowest BCUT2D eigenvalue weighted by molar-refractivity contribution is 0.0700. The number of hydrogen-bond donors (Lipinski definition) is 1.